The van der Waals surface area contributed by atoms with Crippen LogP contribution in [0.1, 0.15) is 48.4 Å². The highest BCUT2D eigenvalue weighted by atomic mass is 16.2. The zero-order valence-electron chi connectivity index (χ0n) is 14.5. The molecule has 1 amide bonds. The van der Waals surface area contributed by atoms with E-state index in [1.807, 2.05) is 56.3 Å². The molecule has 0 bridgehead atoms. The van der Waals surface area contributed by atoms with E-state index >= 15 is 0 Å². The minimum absolute atomic E-state index is 0.0156. The maximum absolute atomic E-state index is 13.0. The van der Waals surface area contributed by atoms with Crippen molar-refractivity contribution in [1.29, 1.82) is 0 Å². The zero-order chi connectivity index (χ0) is 16.9. The van der Waals surface area contributed by atoms with E-state index in [0.29, 0.717) is 6.04 Å². The average molecular weight is 322 g/mol. The molecule has 0 radical (unpaired) electrons. The van der Waals surface area contributed by atoms with Crippen LogP contribution < -0.4 is 10.6 Å². The van der Waals surface area contributed by atoms with Crippen molar-refractivity contribution in [3.63, 3.8) is 0 Å². The van der Waals surface area contributed by atoms with E-state index in [1.54, 1.807) is 0 Å². The molecule has 2 aromatic carbocycles. The standard InChI is InChI=1S/C21H26N2O/c1-15-12-13-16(2)19(14-15)23-21(24)20(17-8-4-3-5-9-17)22-18-10-6-7-11-18/h3-5,8-9,12-14,18,20,22H,6-7,10-11H2,1-2H3,(H,23,24)/t20-/m1/s1. The van der Waals surface area contributed by atoms with Gasteiger partial charge in [0.1, 0.15) is 6.04 Å². The van der Waals surface area contributed by atoms with Crippen molar-refractivity contribution in [2.45, 2.75) is 51.6 Å². The lowest BCUT2D eigenvalue weighted by Crippen LogP contribution is -2.38. The first kappa shape index (κ1) is 16.7. The van der Waals surface area contributed by atoms with E-state index in [9.17, 15) is 4.79 Å². The Kier molecular flexibility index (Phi) is 5.31. The molecule has 3 heteroatoms. The number of amides is 1. The molecule has 126 valence electrons. The summed E-state index contributed by atoms with van der Waals surface area (Å²) >= 11 is 0. The number of carbonyl (C=O) groups is 1. The smallest absolute Gasteiger partial charge is 0.246 e. The number of rotatable bonds is 5. The second-order valence-electron chi connectivity index (χ2n) is 6.80. The maximum atomic E-state index is 13.0. The van der Waals surface area contributed by atoms with Crippen LogP contribution in [0.5, 0.6) is 0 Å². The number of carbonyl (C=O) groups excluding carboxylic acids is 1. The largest absolute Gasteiger partial charge is 0.324 e. The Morgan fingerprint density at radius 3 is 2.46 bits per heavy atom. The third-order valence-electron chi connectivity index (χ3n) is 4.80. The van der Waals surface area contributed by atoms with Crippen molar-refractivity contribution < 1.29 is 4.79 Å². The van der Waals surface area contributed by atoms with Gasteiger partial charge in [-0.1, -0.05) is 55.3 Å². The van der Waals surface area contributed by atoms with Crippen LogP contribution in [0.3, 0.4) is 0 Å². The molecule has 2 N–H and O–H groups in total. The van der Waals surface area contributed by atoms with Crippen molar-refractivity contribution in [3.05, 3.63) is 65.2 Å². The third-order valence-corrected chi connectivity index (χ3v) is 4.80. The molecule has 3 rings (SSSR count). The normalized spacial score (nSPS) is 16.1. The number of nitrogens with one attached hydrogen (secondary N) is 2. The van der Waals surface area contributed by atoms with Crippen molar-refractivity contribution in [1.82, 2.24) is 5.32 Å². The van der Waals surface area contributed by atoms with Crippen LogP contribution in [0, 0.1) is 13.8 Å². The summed E-state index contributed by atoms with van der Waals surface area (Å²) in [4.78, 5) is 13.0. The Labute approximate surface area is 144 Å². The topological polar surface area (TPSA) is 41.1 Å². The minimum Gasteiger partial charge on any atom is -0.324 e. The van der Waals surface area contributed by atoms with Crippen molar-refractivity contribution in [3.8, 4) is 0 Å². The fourth-order valence-electron chi connectivity index (χ4n) is 3.37. The number of benzene rings is 2. The Balaban J connectivity index is 1.81. The van der Waals surface area contributed by atoms with Crippen molar-refractivity contribution >= 4 is 11.6 Å². The highest BCUT2D eigenvalue weighted by Gasteiger charge is 2.25. The molecular formula is C21H26N2O. The predicted molar refractivity (Wildman–Crippen MR) is 99.1 cm³/mol. The average Bonchev–Trinajstić information content (AvgIpc) is 3.10. The van der Waals surface area contributed by atoms with Gasteiger partial charge in [-0.05, 0) is 49.4 Å². The molecule has 2 aromatic rings. The monoisotopic (exact) mass is 322 g/mol. The van der Waals surface area contributed by atoms with Crippen LogP contribution in [-0.2, 0) is 4.79 Å². The first-order chi connectivity index (χ1) is 11.6. The summed E-state index contributed by atoms with van der Waals surface area (Å²) in [7, 11) is 0. The van der Waals surface area contributed by atoms with Crippen molar-refractivity contribution in [2.75, 3.05) is 5.32 Å². The van der Waals surface area contributed by atoms with Gasteiger partial charge in [0.05, 0.1) is 0 Å². The molecule has 1 fully saturated rings. The van der Waals surface area contributed by atoms with Gasteiger partial charge in [-0.3, -0.25) is 10.1 Å². The van der Waals surface area contributed by atoms with Gasteiger partial charge in [0.25, 0.3) is 0 Å². The first-order valence-electron chi connectivity index (χ1n) is 8.82. The molecule has 0 unspecified atom stereocenters. The molecule has 0 heterocycles. The van der Waals surface area contributed by atoms with Gasteiger partial charge in [-0.25, -0.2) is 0 Å². The van der Waals surface area contributed by atoms with Crippen LogP contribution in [0.25, 0.3) is 0 Å². The van der Waals surface area contributed by atoms with Gasteiger partial charge in [-0.15, -0.1) is 0 Å². The highest BCUT2D eigenvalue weighted by molar-refractivity contribution is 5.96. The molecule has 1 atom stereocenters. The molecule has 1 aliphatic carbocycles. The lowest BCUT2D eigenvalue weighted by atomic mass is 10.0. The molecule has 24 heavy (non-hydrogen) atoms. The van der Waals surface area contributed by atoms with E-state index in [0.717, 1.165) is 35.2 Å². The summed E-state index contributed by atoms with van der Waals surface area (Å²) in [6, 6.07) is 16.3. The molecule has 0 aliphatic heterocycles. The summed E-state index contributed by atoms with van der Waals surface area (Å²) in [6.45, 7) is 4.07. The van der Waals surface area contributed by atoms with Gasteiger partial charge < -0.3 is 5.32 Å². The highest BCUT2D eigenvalue weighted by Crippen LogP contribution is 2.24. The van der Waals surface area contributed by atoms with Crippen LogP contribution in [0.2, 0.25) is 0 Å². The zero-order valence-corrected chi connectivity index (χ0v) is 14.5. The third kappa shape index (κ3) is 4.04. The van der Waals surface area contributed by atoms with Crippen LogP contribution >= 0.6 is 0 Å². The van der Waals surface area contributed by atoms with E-state index in [-0.39, 0.29) is 11.9 Å². The van der Waals surface area contributed by atoms with Gasteiger partial charge in [0, 0.05) is 11.7 Å². The number of hydrogen-bond donors (Lipinski definition) is 2. The summed E-state index contributed by atoms with van der Waals surface area (Å²) in [5, 5.41) is 6.70. The van der Waals surface area contributed by atoms with Crippen LogP contribution in [0.4, 0.5) is 5.69 Å². The molecule has 3 nitrogen and oxygen atoms in total. The predicted octanol–water partition coefficient (Wildman–Crippen LogP) is 4.52. The fraction of sp³-hybridized carbons (Fsp3) is 0.381. The molecule has 0 aromatic heterocycles. The molecule has 1 saturated carbocycles. The Morgan fingerprint density at radius 2 is 1.75 bits per heavy atom. The fourth-order valence-corrected chi connectivity index (χ4v) is 3.37. The quantitative estimate of drug-likeness (QED) is 0.850. The molecule has 0 saturated heterocycles. The summed E-state index contributed by atoms with van der Waals surface area (Å²) in [5.41, 5.74) is 4.15. The second-order valence-corrected chi connectivity index (χ2v) is 6.80. The number of hydrogen-bond acceptors (Lipinski definition) is 2. The Morgan fingerprint density at radius 1 is 1.04 bits per heavy atom. The molecule has 1 aliphatic rings. The van der Waals surface area contributed by atoms with E-state index < -0.39 is 0 Å². The van der Waals surface area contributed by atoms with Gasteiger partial charge >= 0.3 is 0 Å². The number of anilines is 1. The minimum atomic E-state index is -0.311. The maximum Gasteiger partial charge on any atom is 0.246 e. The van der Waals surface area contributed by atoms with Gasteiger partial charge in [0.2, 0.25) is 5.91 Å². The SMILES string of the molecule is Cc1ccc(C)c(NC(=O)[C@H](NC2CCCC2)c2ccccc2)c1. The van der Waals surface area contributed by atoms with Crippen LogP contribution in [0.15, 0.2) is 48.5 Å². The van der Waals surface area contributed by atoms with E-state index in [4.69, 9.17) is 0 Å². The summed E-state index contributed by atoms with van der Waals surface area (Å²) < 4.78 is 0. The first-order valence-corrected chi connectivity index (χ1v) is 8.82. The lowest BCUT2D eigenvalue weighted by Gasteiger charge is -2.23. The lowest BCUT2D eigenvalue weighted by molar-refractivity contribution is -0.118. The molecular weight excluding hydrogens is 296 g/mol. The molecule has 0 spiro atoms. The van der Waals surface area contributed by atoms with Crippen molar-refractivity contribution in [2.24, 2.45) is 0 Å². The Hall–Kier alpha value is -2.13. The van der Waals surface area contributed by atoms with Crippen LogP contribution in [-0.4, -0.2) is 11.9 Å². The summed E-state index contributed by atoms with van der Waals surface area (Å²) in [6.07, 6.45) is 4.80. The second kappa shape index (κ2) is 7.63. The van der Waals surface area contributed by atoms with Gasteiger partial charge in [0.15, 0.2) is 0 Å². The van der Waals surface area contributed by atoms with E-state index in [1.165, 1.54) is 12.8 Å². The number of aryl methyl sites for hydroxylation is 2. The van der Waals surface area contributed by atoms with Gasteiger partial charge in [-0.2, -0.15) is 0 Å². The Bertz CT molecular complexity index is 690. The van der Waals surface area contributed by atoms with E-state index in [2.05, 4.69) is 16.7 Å². The summed E-state index contributed by atoms with van der Waals surface area (Å²) in [5.74, 6) is 0.0156.